The summed E-state index contributed by atoms with van der Waals surface area (Å²) in [4.78, 5) is 2.50. The molecule has 0 aliphatic heterocycles. The van der Waals surface area contributed by atoms with Crippen LogP contribution in [0.1, 0.15) is 0 Å². The van der Waals surface area contributed by atoms with E-state index in [1.165, 1.54) is 0 Å². The van der Waals surface area contributed by atoms with Crippen molar-refractivity contribution in [3.63, 3.8) is 0 Å². The highest BCUT2D eigenvalue weighted by Crippen LogP contribution is 2.34. The van der Waals surface area contributed by atoms with Gasteiger partial charge in [0.2, 0.25) is 0 Å². The van der Waals surface area contributed by atoms with Crippen LogP contribution in [0.2, 0.25) is 15.3 Å². The first kappa shape index (κ1) is 9.35. The fraction of sp³-hybridized carbons (Fsp3) is 0. The highest BCUT2D eigenvalue weighted by atomic mass is 35.5. The van der Waals surface area contributed by atoms with Gasteiger partial charge in [0.15, 0.2) is 10.3 Å². The van der Waals surface area contributed by atoms with Crippen LogP contribution in [0, 0.1) is 0 Å². The van der Waals surface area contributed by atoms with Gasteiger partial charge in [-0.1, -0.05) is 39.9 Å². The average Bonchev–Trinajstić information content (AvgIpc) is 2.06. The molecule has 0 aliphatic rings. The first-order chi connectivity index (χ1) is 5.66. The lowest BCUT2D eigenvalue weighted by molar-refractivity contribution is 1.03. The fourth-order valence-corrected chi connectivity index (χ4v) is 1.01. The van der Waals surface area contributed by atoms with Gasteiger partial charge in [-0.25, -0.2) is 0 Å². The minimum absolute atomic E-state index is 0.00512. The Morgan fingerprint density at radius 2 is 1.75 bits per heavy atom. The van der Waals surface area contributed by atoms with Gasteiger partial charge in [0.25, 0.3) is 0 Å². The molecule has 12 heavy (non-hydrogen) atoms. The third-order valence-electron chi connectivity index (χ3n) is 0.955. The van der Waals surface area contributed by atoms with Gasteiger partial charge in [-0.3, -0.25) is 0 Å². The largest absolute Gasteiger partial charge is 0.170 e. The Morgan fingerprint density at radius 1 is 1.17 bits per heavy atom. The van der Waals surface area contributed by atoms with E-state index in [2.05, 4.69) is 20.2 Å². The molecule has 1 heterocycles. The van der Waals surface area contributed by atoms with Crippen LogP contribution in [0.4, 0.5) is 5.69 Å². The van der Waals surface area contributed by atoms with Crippen molar-refractivity contribution < 1.29 is 0 Å². The van der Waals surface area contributed by atoms with Crippen LogP contribution in [0.5, 0.6) is 0 Å². The van der Waals surface area contributed by atoms with E-state index in [9.17, 15) is 0 Å². The molecule has 1 rings (SSSR count). The molecule has 0 amide bonds. The molecule has 0 N–H and O–H groups in total. The summed E-state index contributed by atoms with van der Waals surface area (Å²) >= 11 is 16.6. The van der Waals surface area contributed by atoms with Gasteiger partial charge in [0.05, 0.1) is 10.7 Å². The summed E-state index contributed by atoms with van der Waals surface area (Å²) in [5, 5.41) is 9.84. The number of azide groups is 1. The van der Waals surface area contributed by atoms with Gasteiger partial charge >= 0.3 is 0 Å². The topological polar surface area (TPSA) is 74.5 Å². The molecule has 0 aromatic carbocycles. The van der Waals surface area contributed by atoms with Crippen molar-refractivity contribution in [1.82, 2.24) is 10.2 Å². The number of aromatic nitrogens is 2. The molecule has 8 heteroatoms. The Hall–Kier alpha value is -0.740. The van der Waals surface area contributed by atoms with Crippen molar-refractivity contribution in [1.29, 1.82) is 0 Å². The van der Waals surface area contributed by atoms with Gasteiger partial charge < -0.3 is 0 Å². The summed E-state index contributed by atoms with van der Waals surface area (Å²) in [6.07, 6.45) is 0. The van der Waals surface area contributed by atoms with E-state index in [0.29, 0.717) is 0 Å². The van der Waals surface area contributed by atoms with Crippen molar-refractivity contribution in [2.24, 2.45) is 5.11 Å². The summed E-state index contributed by atoms with van der Waals surface area (Å²) in [6, 6.07) is 0. The number of rotatable bonds is 1. The van der Waals surface area contributed by atoms with Gasteiger partial charge in [0, 0.05) is 4.91 Å². The fourth-order valence-electron chi connectivity index (χ4n) is 0.497. The Bertz CT molecular complexity index is 358. The molecule has 1 aromatic rings. The summed E-state index contributed by atoms with van der Waals surface area (Å²) in [7, 11) is 0. The van der Waals surface area contributed by atoms with Crippen molar-refractivity contribution in [3.05, 3.63) is 25.8 Å². The maximum Gasteiger partial charge on any atom is 0.170 e. The lowest BCUT2D eigenvalue weighted by Crippen LogP contribution is -1.84. The summed E-state index contributed by atoms with van der Waals surface area (Å²) < 4.78 is 0. The summed E-state index contributed by atoms with van der Waals surface area (Å²) in [5.74, 6) is 0. The monoisotopic (exact) mass is 223 g/mol. The molecule has 0 aliphatic carbocycles. The van der Waals surface area contributed by atoms with E-state index in [4.69, 9.17) is 40.3 Å². The minimum Gasteiger partial charge on any atom is -0.137 e. The van der Waals surface area contributed by atoms with Crippen molar-refractivity contribution >= 4 is 40.5 Å². The number of hydrogen-bond donors (Lipinski definition) is 0. The SMILES string of the molecule is [N-]=[N+]=Nc1c(Cl)nnc(Cl)c1Cl. The quantitative estimate of drug-likeness (QED) is 0.416. The molecular formula is C4Cl3N5. The van der Waals surface area contributed by atoms with E-state index >= 15 is 0 Å². The normalized spacial score (nSPS) is 9.25. The van der Waals surface area contributed by atoms with Gasteiger partial charge in [-0.2, -0.15) is 0 Å². The Morgan fingerprint density at radius 3 is 2.33 bits per heavy atom. The summed E-state index contributed by atoms with van der Waals surface area (Å²) in [6.45, 7) is 0. The molecule has 0 radical (unpaired) electrons. The molecule has 62 valence electrons. The van der Waals surface area contributed by atoms with Crippen LogP contribution < -0.4 is 0 Å². The number of hydrogen-bond acceptors (Lipinski definition) is 3. The third kappa shape index (κ3) is 1.70. The first-order valence-electron chi connectivity index (χ1n) is 2.59. The first-order valence-corrected chi connectivity index (χ1v) is 3.72. The lowest BCUT2D eigenvalue weighted by atomic mass is 10.5. The average molecular weight is 224 g/mol. The zero-order valence-corrected chi connectivity index (χ0v) is 7.64. The number of halogens is 3. The van der Waals surface area contributed by atoms with Crippen molar-refractivity contribution in [3.8, 4) is 0 Å². The standard InChI is InChI=1S/C4Cl3N5/c5-1-2(9-12-8)4(7)11-10-3(1)6. The highest BCUT2D eigenvalue weighted by Gasteiger charge is 2.09. The third-order valence-corrected chi connectivity index (χ3v) is 1.93. The van der Waals surface area contributed by atoms with Crippen LogP contribution >= 0.6 is 34.8 Å². The van der Waals surface area contributed by atoms with Gasteiger partial charge in [0.1, 0.15) is 0 Å². The Kier molecular flexibility index (Phi) is 2.94. The predicted octanol–water partition coefficient (Wildman–Crippen LogP) is 3.38. The zero-order valence-electron chi connectivity index (χ0n) is 5.37. The molecule has 0 saturated carbocycles. The highest BCUT2D eigenvalue weighted by molar-refractivity contribution is 6.44. The zero-order chi connectivity index (χ0) is 9.14. The van der Waals surface area contributed by atoms with E-state index < -0.39 is 0 Å². The molecule has 0 bridgehead atoms. The molecule has 0 spiro atoms. The number of nitrogens with zero attached hydrogens (tertiary/aromatic N) is 5. The van der Waals surface area contributed by atoms with E-state index in [1.807, 2.05) is 0 Å². The minimum atomic E-state index is -0.0813. The second kappa shape index (κ2) is 3.78. The van der Waals surface area contributed by atoms with Crippen LogP contribution in [0.3, 0.4) is 0 Å². The van der Waals surface area contributed by atoms with E-state index in [1.54, 1.807) is 0 Å². The van der Waals surface area contributed by atoms with Crippen LogP contribution in [-0.2, 0) is 0 Å². The molecule has 5 nitrogen and oxygen atoms in total. The van der Waals surface area contributed by atoms with Crippen molar-refractivity contribution in [2.45, 2.75) is 0 Å². The van der Waals surface area contributed by atoms with Crippen molar-refractivity contribution in [2.75, 3.05) is 0 Å². The predicted molar refractivity (Wildman–Crippen MR) is 45.9 cm³/mol. The van der Waals surface area contributed by atoms with Crippen LogP contribution in [-0.4, -0.2) is 10.2 Å². The maximum atomic E-state index is 8.11. The summed E-state index contributed by atoms with van der Waals surface area (Å²) in [5.41, 5.74) is 8.10. The van der Waals surface area contributed by atoms with Crippen LogP contribution in [0.25, 0.3) is 10.4 Å². The Labute approximate surface area is 81.9 Å². The Balaban J connectivity index is 3.42. The van der Waals surface area contributed by atoms with Gasteiger partial charge in [-0.05, 0) is 5.53 Å². The van der Waals surface area contributed by atoms with Gasteiger partial charge in [-0.15, -0.1) is 10.2 Å². The van der Waals surface area contributed by atoms with Crippen LogP contribution in [0.15, 0.2) is 5.11 Å². The second-order valence-electron chi connectivity index (χ2n) is 1.63. The maximum absolute atomic E-state index is 8.11. The molecule has 0 atom stereocenters. The van der Waals surface area contributed by atoms with E-state index in [-0.39, 0.29) is 21.0 Å². The molecule has 0 fully saturated rings. The molecule has 0 saturated heterocycles. The second-order valence-corrected chi connectivity index (χ2v) is 2.73. The lowest BCUT2D eigenvalue weighted by Gasteiger charge is -1.98. The smallest absolute Gasteiger partial charge is 0.137 e. The molecule has 1 aromatic heterocycles. The molecular weight excluding hydrogens is 224 g/mol. The molecule has 0 unspecified atom stereocenters. The van der Waals surface area contributed by atoms with E-state index in [0.717, 1.165) is 0 Å².